The quantitative estimate of drug-likeness (QED) is 0.688. The largest absolute Gasteiger partial charge is 0.294 e. The molecule has 0 radical (unpaired) electrons. The molecule has 74 valence electrons. The first-order valence-corrected chi connectivity index (χ1v) is 5.88. The fourth-order valence-electron chi connectivity index (χ4n) is 1.95. The highest BCUT2D eigenvalue weighted by atomic mass is 79.9. The minimum Gasteiger partial charge on any atom is -0.294 e. The molecule has 2 rings (SSSR count). The summed E-state index contributed by atoms with van der Waals surface area (Å²) >= 11 is 3.44. The number of Topliss-reactive ketones (excluding diaryl/α,β-unsaturated/α-hetero) is 1. The number of hydrogen-bond donors (Lipinski definition) is 0. The fourth-order valence-corrected chi connectivity index (χ4v) is 2.36. The van der Waals surface area contributed by atoms with E-state index < -0.39 is 0 Å². The Labute approximate surface area is 92.6 Å². The van der Waals surface area contributed by atoms with Gasteiger partial charge in [-0.05, 0) is 37.0 Å². The van der Waals surface area contributed by atoms with Gasteiger partial charge in [0.2, 0.25) is 0 Å². The number of carbonyl (C=O) groups excluding carboxylic acids is 1. The van der Waals surface area contributed by atoms with E-state index in [0.717, 1.165) is 22.9 Å². The lowest BCUT2D eigenvalue weighted by atomic mass is 9.93. The van der Waals surface area contributed by atoms with Gasteiger partial charge in [-0.1, -0.05) is 28.4 Å². The molecule has 0 amide bonds. The van der Waals surface area contributed by atoms with Crippen LogP contribution >= 0.6 is 15.9 Å². The number of aryl methyl sites for hydroxylation is 1. The zero-order chi connectivity index (χ0) is 9.97. The summed E-state index contributed by atoms with van der Waals surface area (Å²) in [5.41, 5.74) is 2.15. The highest BCUT2D eigenvalue weighted by Gasteiger charge is 2.13. The van der Waals surface area contributed by atoms with E-state index in [2.05, 4.69) is 22.0 Å². The van der Waals surface area contributed by atoms with E-state index in [-0.39, 0.29) is 0 Å². The predicted octanol–water partition coefficient (Wildman–Crippen LogP) is 3.75. The van der Waals surface area contributed by atoms with E-state index in [1.165, 1.54) is 18.4 Å². The van der Waals surface area contributed by atoms with Gasteiger partial charge in [-0.2, -0.15) is 0 Å². The smallest absolute Gasteiger partial charge is 0.163 e. The van der Waals surface area contributed by atoms with Crippen molar-refractivity contribution in [3.63, 3.8) is 0 Å². The molecule has 0 atom stereocenters. The standard InChI is InChI=1S/C12H13BrO/c13-10-6-7-11-9(8-10)4-2-1-3-5-12(11)14/h6-8H,1-5H2. The first kappa shape index (κ1) is 9.91. The van der Waals surface area contributed by atoms with E-state index >= 15 is 0 Å². The molecule has 0 saturated carbocycles. The van der Waals surface area contributed by atoms with Crippen molar-refractivity contribution < 1.29 is 4.79 Å². The maximum Gasteiger partial charge on any atom is 0.163 e. The summed E-state index contributed by atoms with van der Waals surface area (Å²) in [6.45, 7) is 0. The van der Waals surface area contributed by atoms with Crippen LogP contribution in [0.4, 0.5) is 0 Å². The van der Waals surface area contributed by atoms with Crippen molar-refractivity contribution in [3.05, 3.63) is 33.8 Å². The van der Waals surface area contributed by atoms with Crippen molar-refractivity contribution in [2.75, 3.05) is 0 Å². The Hall–Kier alpha value is -0.630. The van der Waals surface area contributed by atoms with Gasteiger partial charge >= 0.3 is 0 Å². The van der Waals surface area contributed by atoms with Gasteiger partial charge in [-0.25, -0.2) is 0 Å². The van der Waals surface area contributed by atoms with Crippen LogP contribution in [-0.4, -0.2) is 5.78 Å². The molecule has 0 aliphatic heterocycles. The van der Waals surface area contributed by atoms with Gasteiger partial charge in [0.15, 0.2) is 5.78 Å². The first-order chi connectivity index (χ1) is 6.77. The van der Waals surface area contributed by atoms with Crippen LogP contribution < -0.4 is 0 Å². The molecule has 2 heteroatoms. The Morgan fingerprint density at radius 1 is 1.07 bits per heavy atom. The first-order valence-electron chi connectivity index (χ1n) is 5.09. The molecule has 1 aromatic carbocycles. The third kappa shape index (κ3) is 2.06. The molecule has 1 aliphatic rings. The van der Waals surface area contributed by atoms with Crippen molar-refractivity contribution >= 4 is 21.7 Å². The normalized spacial score (nSPS) is 17.1. The van der Waals surface area contributed by atoms with Crippen molar-refractivity contribution in [1.29, 1.82) is 0 Å². The molecule has 0 N–H and O–H groups in total. The van der Waals surface area contributed by atoms with Crippen LogP contribution in [0, 0.1) is 0 Å². The molecule has 1 nitrogen and oxygen atoms in total. The maximum absolute atomic E-state index is 11.8. The van der Waals surface area contributed by atoms with Crippen molar-refractivity contribution in [3.8, 4) is 0 Å². The van der Waals surface area contributed by atoms with Gasteiger partial charge in [0.1, 0.15) is 0 Å². The lowest BCUT2D eigenvalue weighted by Gasteiger charge is -2.12. The summed E-state index contributed by atoms with van der Waals surface area (Å²) in [7, 11) is 0. The Kier molecular flexibility index (Phi) is 3.02. The summed E-state index contributed by atoms with van der Waals surface area (Å²) in [6.07, 6.45) is 5.19. The molecular formula is C12H13BrO. The van der Waals surface area contributed by atoms with Crippen LogP contribution in [0.5, 0.6) is 0 Å². The van der Waals surface area contributed by atoms with E-state index in [1.54, 1.807) is 0 Å². The van der Waals surface area contributed by atoms with Crippen LogP contribution in [0.25, 0.3) is 0 Å². The third-order valence-electron chi connectivity index (χ3n) is 2.72. The summed E-state index contributed by atoms with van der Waals surface area (Å²) in [5, 5.41) is 0. The fraction of sp³-hybridized carbons (Fsp3) is 0.417. The number of fused-ring (bicyclic) bond motifs is 1. The van der Waals surface area contributed by atoms with E-state index in [9.17, 15) is 4.79 Å². The number of rotatable bonds is 0. The number of hydrogen-bond acceptors (Lipinski definition) is 1. The van der Waals surface area contributed by atoms with Gasteiger partial charge in [0.25, 0.3) is 0 Å². The van der Waals surface area contributed by atoms with Crippen LogP contribution in [-0.2, 0) is 6.42 Å². The monoisotopic (exact) mass is 252 g/mol. The number of ketones is 1. The van der Waals surface area contributed by atoms with Crippen LogP contribution in [0.15, 0.2) is 22.7 Å². The molecule has 0 saturated heterocycles. The Bertz CT molecular complexity index is 357. The summed E-state index contributed by atoms with van der Waals surface area (Å²) in [5.74, 6) is 0.312. The number of benzene rings is 1. The molecule has 0 bridgehead atoms. The van der Waals surface area contributed by atoms with Crippen molar-refractivity contribution in [2.24, 2.45) is 0 Å². The predicted molar refractivity (Wildman–Crippen MR) is 60.6 cm³/mol. The lowest BCUT2D eigenvalue weighted by molar-refractivity contribution is 0.0976. The average Bonchev–Trinajstić information content (AvgIpc) is 2.14. The minimum absolute atomic E-state index is 0.312. The zero-order valence-corrected chi connectivity index (χ0v) is 9.64. The Balaban J connectivity index is 2.41. The van der Waals surface area contributed by atoms with Gasteiger partial charge in [0, 0.05) is 16.5 Å². The number of halogens is 1. The minimum atomic E-state index is 0.312. The SMILES string of the molecule is O=C1CCCCCc2cc(Br)ccc21. The molecule has 1 aromatic rings. The van der Waals surface area contributed by atoms with Crippen molar-refractivity contribution in [2.45, 2.75) is 32.1 Å². The maximum atomic E-state index is 11.8. The van der Waals surface area contributed by atoms with E-state index in [4.69, 9.17) is 0 Å². The molecule has 0 spiro atoms. The highest BCUT2D eigenvalue weighted by Crippen LogP contribution is 2.23. The molecule has 14 heavy (non-hydrogen) atoms. The van der Waals surface area contributed by atoms with E-state index in [1.807, 2.05) is 12.1 Å². The van der Waals surface area contributed by atoms with Crippen LogP contribution in [0.2, 0.25) is 0 Å². The van der Waals surface area contributed by atoms with Gasteiger partial charge in [-0.15, -0.1) is 0 Å². The second-order valence-corrected chi connectivity index (χ2v) is 4.70. The van der Waals surface area contributed by atoms with E-state index in [0.29, 0.717) is 12.2 Å². The highest BCUT2D eigenvalue weighted by molar-refractivity contribution is 9.10. The van der Waals surface area contributed by atoms with Gasteiger partial charge < -0.3 is 0 Å². The van der Waals surface area contributed by atoms with Gasteiger partial charge in [0.05, 0.1) is 0 Å². The zero-order valence-electron chi connectivity index (χ0n) is 8.05. The summed E-state index contributed by atoms with van der Waals surface area (Å²) < 4.78 is 1.07. The molecule has 0 fully saturated rings. The Morgan fingerprint density at radius 2 is 1.86 bits per heavy atom. The van der Waals surface area contributed by atoms with Crippen molar-refractivity contribution in [1.82, 2.24) is 0 Å². The average molecular weight is 253 g/mol. The van der Waals surface area contributed by atoms with Crippen LogP contribution in [0.1, 0.15) is 41.6 Å². The second kappa shape index (κ2) is 4.26. The van der Waals surface area contributed by atoms with Crippen LogP contribution in [0.3, 0.4) is 0 Å². The summed E-state index contributed by atoms with van der Waals surface area (Å²) in [4.78, 5) is 11.8. The molecule has 1 aliphatic carbocycles. The third-order valence-corrected chi connectivity index (χ3v) is 3.21. The second-order valence-electron chi connectivity index (χ2n) is 3.79. The summed E-state index contributed by atoms with van der Waals surface area (Å²) in [6, 6.07) is 5.99. The topological polar surface area (TPSA) is 17.1 Å². The van der Waals surface area contributed by atoms with Gasteiger partial charge in [-0.3, -0.25) is 4.79 Å². The Morgan fingerprint density at radius 3 is 2.71 bits per heavy atom. The molecular weight excluding hydrogens is 240 g/mol. The lowest BCUT2D eigenvalue weighted by Crippen LogP contribution is -2.07. The number of carbonyl (C=O) groups is 1. The molecule has 0 unspecified atom stereocenters. The molecule has 0 heterocycles. The molecule has 0 aromatic heterocycles.